The standard InChI is InChI=1S/C28H30BrN5O3.C26H29N5O2.C24H22BrN5O2.C23H30BN3O3/c1-5-12-37-17-34-27-23(26(32-34)21-9-7-6-8-18(21)2)14-20(16-30-27)19-10-11-24(31-25(35)15-29)22(13-19)28(36)33(3)4;1-5-12-33-16-31-25-22(24(29-31)20-9-7-6-8-17(20)2)14-19(15-28-25)18-10-11-23(27)21(13-18)26(32)30(3)4;1-14-6-4-5-7-17(14)22-19-11-16(13-26-23(19)29-28-22)15-8-9-20(27-21(31)12-25)18(10-15)24(32)30(2)3;1-7-12-28-15-27-21-19(20(26-27)18-11-9-8-10-16(18)2)13-17(14-25-21)24-29-22(3,4)23(5,6)30-24/h6-11,13-14,16H,5,12,15,17H2,1-4H3,(H,31,35);6-11,13-15H,5,12,16,27H2,1-4H3;4-11,13H,12H2,1-3H3,(H,27,31)(H,26,28,29);8-11,13-14H,7,12,15H2,1-6H3. The van der Waals surface area contributed by atoms with E-state index < -0.39 is 18.3 Å². The number of nitrogen functional groups attached to an aromatic ring is 1. The van der Waals surface area contributed by atoms with Gasteiger partial charge in [0.05, 0.1) is 55.6 Å². The molecule has 9 heterocycles. The SMILES string of the molecule is CCCOCn1nc(-c2ccccc2C)c2cc(-c3ccc(N)c(C(=O)N(C)C)c3)cnc21.CCCOCn1nc(-c2ccccc2C)c2cc(-c3ccc(NC(=O)CBr)c(C(=O)N(C)C)c3)cnc21.CCCOCn1nc(-c2ccccc2C)c2cc(B3OC(C)(C)C(C)(C)O3)cnc21.Cc1ccccc1-c1[nH]nc2ncc(-c3ccc(NC(=O)CBr)c(C(=O)N(C)C)c3)cc12. The van der Waals surface area contributed by atoms with Gasteiger partial charge in [0, 0.05) is 159 Å². The van der Waals surface area contributed by atoms with E-state index in [0.717, 1.165) is 158 Å². The third-order valence-electron chi connectivity index (χ3n) is 22.8. The number of anilines is 3. The number of nitrogens with zero attached hydrogens (tertiary/aromatic N) is 14. The number of alkyl halides is 2. The highest BCUT2D eigenvalue weighted by atomic mass is 79.9. The van der Waals surface area contributed by atoms with E-state index in [4.69, 9.17) is 59.5 Å². The molecule has 16 rings (SSSR count). The monoisotopic (exact) mass is 1900 g/mol. The van der Waals surface area contributed by atoms with Crippen LogP contribution in [0.15, 0.2) is 201 Å². The zero-order valence-electron chi connectivity index (χ0n) is 77.6. The van der Waals surface area contributed by atoms with Crippen LogP contribution >= 0.6 is 31.9 Å². The van der Waals surface area contributed by atoms with Crippen molar-refractivity contribution in [1.29, 1.82) is 0 Å². The maximum atomic E-state index is 13.0. The van der Waals surface area contributed by atoms with Crippen LogP contribution in [0.4, 0.5) is 17.1 Å². The highest BCUT2D eigenvalue weighted by Crippen LogP contribution is 2.41. The van der Waals surface area contributed by atoms with Gasteiger partial charge >= 0.3 is 7.12 Å². The second-order valence-corrected chi connectivity index (χ2v) is 34.9. The van der Waals surface area contributed by atoms with Crippen molar-refractivity contribution in [3.05, 3.63) is 240 Å². The molecule has 5 amide bonds. The molecule has 682 valence electrons. The molecular formula is C101H111BBr2N18O10. The molecule has 0 spiro atoms. The van der Waals surface area contributed by atoms with Crippen LogP contribution in [-0.4, -0.2) is 195 Å². The number of halogens is 2. The Morgan fingerprint density at radius 1 is 0.432 bits per heavy atom. The van der Waals surface area contributed by atoms with Gasteiger partial charge in [0.25, 0.3) is 17.7 Å². The highest BCUT2D eigenvalue weighted by molar-refractivity contribution is 9.09. The Bertz CT molecular complexity index is 6720. The largest absolute Gasteiger partial charge is 0.496 e. The maximum Gasteiger partial charge on any atom is 0.496 e. The van der Waals surface area contributed by atoms with E-state index in [0.29, 0.717) is 79.4 Å². The lowest BCUT2D eigenvalue weighted by Crippen LogP contribution is -2.41. The number of aromatic nitrogens is 12. The number of nitrogens with one attached hydrogen (secondary N) is 3. The van der Waals surface area contributed by atoms with E-state index in [2.05, 4.69) is 188 Å². The number of nitrogens with two attached hydrogens (primary N) is 1. The third kappa shape index (κ3) is 21.8. The fourth-order valence-electron chi connectivity index (χ4n) is 15.0. The van der Waals surface area contributed by atoms with Crippen molar-refractivity contribution >= 4 is 135 Å². The molecule has 0 atom stereocenters. The molecule has 1 aliphatic heterocycles. The predicted octanol–water partition coefficient (Wildman–Crippen LogP) is 19.0. The lowest BCUT2D eigenvalue weighted by atomic mass is 9.80. The Hall–Kier alpha value is -13.0. The van der Waals surface area contributed by atoms with Gasteiger partial charge in [-0.15, -0.1) is 0 Å². The van der Waals surface area contributed by atoms with Crippen LogP contribution in [0.3, 0.4) is 0 Å². The summed E-state index contributed by atoms with van der Waals surface area (Å²) in [4.78, 5) is 85.5. The number of rotatable bonds is 27. The molecule has 28 nitrogen and oxygen atoms in total. The molecular weight excluding hydrogens is 1800 g/mol. The molecule has 1 saturated heterocycles. The number of ether oxygens (including phenoxy) is 3. The van der Waals surface area contributed by atoms with Crippen molar-refractivity contribution < 1.29 is 47.5 Å². The first kappa shape index (κ1) is 96.5. The first-order valence-corrected chi connectivity index (χ1v) is 45.9. The molecule has 0 radical (unpaired) electrons. The molecule has 0 unspecified atom stereocenters. The van der Waals surface area contributed by atoms with Gasteiger partial charge in [-0.25, -0.2) is 34.0 Å². The number of aromatic amines is 1. The van der Waals surface area contributed by atoms with Gasteiger partial charge in [-0.3, -0.25) is 29.1 Å². The third-order valence-corrected chi connectivity index (χ3v) is 23.8. The molecule has 0 saturated carbocycles. The number of H-pyrrole nitrogens is 1. The number of pyridine rings is 4. The molecule has 1 aliphatic rings. The molecule has 31 heteroatoms. The van der Waals surface area contributed by atoms with Gasteiger partial charge in [0.15, 0.2) is 22.6 Å². The summed E-state index contributed by atoms with van der Waals surface area (Å²) in [7, 11) is 9.69. The van der Waals surface area contributed by atoms with Gasteiger partial charge in [0.1, 0.15) is 37.3 Å². The predicted molar refractivity (Wildman–Crippen MR) is 531 cm³/mol. The van der Waals surface area contributed by atoms with E-state index in [1.54, 1.807) is 101 Å². The van der Waals surface area contributed by atoms with Crippen LogP contribution in [0.2, 0.25) is 0 Å². The molecule has 0 aliphatic carbocycles. The van der Waals surface area contributed by atoms with Crippen molar-refractivity contribution in [3.8, 4) is 78.4 Å². The van der Waals surface area contributed by atoms with Crippen molar-refractivity contribution in [1.82, 2.24) is 74.2 Å². The van der Waals surface area contributed by atoms with Gasteiger partial charge in [-0.1, -0.05) is 168 Å². The van der Waals surface area contributed by atoms with Crippen molar-refractivity contribution in [3.63, 3.8) is 0 Å². The molecule has 7 aromatic carbocycles. The summed E-state index contributed by atoms with van der Waals surface area (Å²) in [5, 5.41) is 31.6. The number of carbonyl (C=O) groups is 5. The summed E-state index contributed by atoms with van der Waals surface area (Å²) in [6.07, 6.45) is 9.96. The molecule has 0 bridgehead atoms. The Balaban J connectivity index is 0.000000150. The first-order chi connectivity index (χ1) is 63.4. The summed E-state index contributed by atoms with van der Waals surface area (Å²) in [5.74, 6) is -0.999. The summed E-state index contributed by atoms with van der Waals surface area (Å²) in [5.41, 5.74) is 29.1. The number of hydrogen-bond acceptors (Lipinski definition) is 19. The van der Waals surface area contributed by atoms with E-state index in [9.17, 15) is 24.0 Å². The lowest BCUT2D eigenvalue weighted by Gasteiger charge is -2.32. The van der Waals surface area contributed by atoms with E-state index in [-0.39, 0.29) is 40.2 Å². The number of aryl methyl sites for hydroxylation is 4. The van der Waals surface area contributed by atoms with E-state index in [1.165, 1.54) is 20.3 Å². The second kappa shape index (κ2) is 42.9. The summed E-state index contributed by atoms with van der Waals surface area (Å²) >= 11 is 6.30. The number of benzene rings is 7. The van der Waals surface area contributed by atoms with Gasteiger partial charge in [-0.2, -0.15) is 20.4 Å². The number of amides is 5. The lowest BCUT2D eigenvalue weighted by molar-refractivity contribution is -0.114. The maximum absolute atomic E-state index is 13.0. The zero-order chi connectivity index (χ0) is 94.4. The smallest absolute Gasteiger partial charge is 0.399 e. The van der Waals surface area contributed by atoms with Crippen molar-refractivity contribution in [2.75, 3.05) is 89.1 Å². The van der Waals surface area contributed by atoms with Crippen LogP contribution in [0.25, 0.3) is 123 Å². The Morgan fingerprint density at radius 2 is 0.773 bits per heavy atom. The number of fused-ring (bicyclic) bond motifs is 4. The fraction of sp³-hybridized carbons (Fsp3) is 0.297. The molecule has 132 heavy (non-hydrogen) atoms. The second-order valence-electron chi connectivity index (χ2n) is 33.8. The van der Waals surface area contributed by atoms with Gasteiger partial charge in [-0.05, 0) is 174 Å². The normalized spacial score (nSPS) is 12.6. The quantitative estimate of drug-likeness (QED) is 0.0161. The Morgan fingerprint density at radius 3 is 1.15 bits per heavy atom. The van der Waals surface area contributed by atoms with Crippen LogP contribution in [0.5, 0.6) is 0 Å². The summed E-state index contributed by atoms with van der Waals surface area (Å²) in [6, 6.07) is 57.2. The van der Waals surface area contributed by atoms with Crippen LogP contribution in [0.1, 0.15) is 121 Å². The van der Waals surface area contributed by atoms with Gasteiger partial charge in [0.2, 0.25) is 11.8 Å². The van der Waals surface area contributed by atoms with E-state index >= 15 is 0 Å². The van der Waals surface area contributed by atoms with Crippen molar-refractivity contribution in [2.45, 2.75) is 127 Å². The van der Waals surface area contributed by atoms with Gasteiger partial charge < -0.3 is 54.6 Å². The van der Waals surface area contributed by atoms with E-state index in [1.807, 2.05) is 102 Å². The van der Waals surface area contributed by atoms with Crippen LogP contribution in [0, 0.1) is 27.7 Å². The molecule has 1 fully saturated rings. The first-order valence-electron chi connectivity index (χ1n) is 43.7. The number of hydrogen-bond donors (Lipinski definition) is 4. The minimum Gasteiger partial charge on any atom is -0.399 e. The molecule has 8 aromatic heterocycles. The number of carbonyl (C=O) groups excluding carboxylic acids is 5. The Labute approximate surface area is 785 Å². The topological polar surface area (TPSA) is 325 Å². The minimum atomic E-state index is -0.462. The average Bonchev–Trinajstić information content (AvgIpc) is 1.61. The molecule has 15 aromatic rings. The Kier molecular flexibility index (Phi) is 31.4. The van der Waals surface area contributed by atoms with Crippen molar-refractivity contribution in [2.24, 2.45) is 0 Å². The zero-order valence-corrected chi connectivity index (χ0v) is 80.8. The summed E-state index contributed by atoms with van der Waals surface area (Å²) < 4.78 is 35.2. The minimum absolute atomic E-state index is 0.134. The summed E-state index contributed by atoms with van der Waals surface area (Å²) in [6.45, 7) is 25.8. The highest BCUT2D eigenvalue weighted by Gasteiger charge is 2.52. The van der Waals surface area contributed by atoms with Crippen LogP contribution in [-0.2, 0) is 53.3 Å². The molecule has 5 N–H and O–H groups in total. The van der Waals surface area contributed by atoms with Crippen LogP contribution < -0.4 is 21.8 Å². The fourth-order valence-corrected chi connectivity index (χ4v) is 15.3. The average molecular weight is 1910 g/mol.